The fourth-order valence-corrected chi connectivity index (χ4v) is 2.78. The molecule has 2 rings (SSSR count). The van der Waals surface area contributed by atoms with Crippen LogP contribution < -0.4 is 16.4 Å². The molecule has 0 aliphatic carbocycles. The molecule has 2 aromatic rings. The first-order chi connectivity index (χ1) is 16.0. The van der Waals surface area contributed by atoms with Crippen molar-refractivity contribution in [2.45, 2.75) is 45.3 Å². The van der Waals surface area contributed by atoms with Gasteiger partial charge in [0.1, 0.15) is 13.2 Å². The number of primary amides is 1. The molecule has 0 spiro atoms. The Morgan fingerprint density at radius 1 is 0.727 bits per heavy atom. The van der Waals surface area contributed by atoms with E-state index >= 15 is 0 Å². The highest BCUT2D eigenvalue weighted by atomic mass is 16.6. The minimum atomic E-state index is -0.748. The van der Waals surface area contributed by atoms with Gasteiger partial charge in [-0.1, -0.05) is 73.5 Å². The zero-order valence-corrected chi connectivity index (χ0v) is 18.5. The van der Waals surface area contributed by atoms with E-state index < -0.39 is 12.2 Å². The summed E-state index contributed by atoms with van der Waals surface area (Å²) in [6.45, 7) is 0.528. The van der Waals surface area contributed by atoms with E-state index in [-0.39, 0.29) is 25.1 Å². The average molecular weight is 455 g/mol. The number of nitrogens with zero attached hydrogens (tertiary/aromatic N) is 1. The summed E-state index contributed by atoms with van der Waals surface area (Å²) in [5, 5.41) is 4.90. The quantitative estimate of drug-likeness (QED) is 0.271. The average Bonchev–Trinajstić information content (AvgIpc) is 2.82. The first-order valence-corrected chi connectivity index (χ1v) is 10.8. The van der Waals surface area contributed by atoms with Crippen LogP contribution in [0.4, 0.5) is 9.59 Å². The number of hydrogen-bond donors (Lipinski definition) is 3. The van der Waals surface area contributed by atoms with Gasteiger partial charge in [-0.05, 0) is 24.0 Å². The summed E-state index contributed by atoms with van der Waals surface area (Å²) in [7, 11) is 0. The number of carbonyl (C=O) groups excluding carboxylic acids is 3. The maximum atomic E-state index is 12.2. The highest BCUT2D eigenvalue weighted by Crippen LogP contribution is 2.04. The Kier molecular flexibility index (Phi) is 11.5. The third-order valence-corrected chi connectivity index (χ3v) is 4.47. The van der Waals surface area contributed by atoms with Crippen LogP contribution in [0.3, 0.4) is 0 Å². The molecule has 0 saturated carbocycles. The molecule has 33 heavy (non-hydrogen) atoms. The molecule has 4 N–H and O–H groups in total. The Labute approximate surface area is 193 Å². The van der Waals surface area contributed by atoms with E-state index in [0.717, 1.165) is 30.4 Å². The Morgan fingerprint density at radius 2 is 1.21 bits per heavy atom. The molecule has 0 unspecified atom stereocenters. The topological polar surface area (TPSA) is 132 Å². The Hall–Kier alpha value is -3.88. The molecule has 0 saturated heterocycles. The summed E-state index contributed by atoms with van der Waals surface area (Å²) in [5.74, 6) is -0.366. The largest absolute Gasteiger partial charge is 0.444 e. The van der Waals surface area contributed by atoms with Gasteiger partial charge in [0.15, 0.2) is 0 Å². The number of ether oxygens (including phenoxy) is 2. The second-order valence-electron chi connectivity index (χ2n) is 7.23. The van der Waals surface area contributed by atoms with Crippen LogP contribution in [-0.2, 0) is 27.5 Å². The fourth-order valence-electron chi connectivity index (χ4n) is 2.78. The van der Waals surface area contributed by atoms with E-state index in [0.29, 0.717) is 19.4 Å². The summed E-state index contributed by atoms with van der Waals surface area (Å²) in [5.41, 5.74) is 6.79. The van der Waals surface area contributed by atoms with Crippen molar-refractivity contribution in [1.82, 2.24) is 10.6 Å². The molecule has 0 aliphatic rings. The van der Waals surface area contributed by atoms with Crippen LogP contribution in [0.1, 0.15) is 43.2 Å². The highest BCUT2D eigenvalue weighted by Gasteiger charge is 2.12. The molecule has 2 aromatic carbocycles. The molecule has 0 heterocycles. The van der Waals surface area contributed by atoms with Gasteiger partial charge >= 0.3 is 12.2 Å². The zero-order chi connectivity index (χ0) is 23.7. The number of nitrogens with two attached hydrogens (primary N) is 1. The Bertz CT molecular complexity index is 844. The number of carbonyl (C=O) groups is 3. The number of benzene rings is 2. The van der Waals surface area contributed by atoms with E-state index in [2.05, 4.69) is 15.6 Å². The van der Waals surface area contributed by atoms with Crippen molar-refractivity contribution in [3.63, 3.8) is 0 Å². The molecule has 0 atom stereocenters. The number of nitrogens with one attached hydrogen (secondary N) is 2. The van der Waals surface area contributed by atoms with Gasteiger partial charge in [-0.25, -0.2) is 9.59 Å². The summed E-state index contributed by atoms with van der Waals surface area (Å²) in [6, 6.07) is 18.4. The van der Waals surface area contributed by atoms with Gasteiger partial charge in [0, 0.05) is 13.0 Å². The number of alkyl carbamates (subject to hydrolysis) is 2. The minimum absolute atomic E-state index is 0.0525. The van der Waals surface area contributed by atoms with Crippen LogP contribution in [0.2, 0.25) is 0 Å². The lowest BCUT2D eigenvalue weighted by atomic mass is 10.1. The van der Waals surface area contributed by atoms with Crippen molar-refractivity contribution >= 4 is 24.1 Å². The maximum Gasteiger partial charge on any atom is 0.414 e. The van der Waals surface area contributed by atoms with Gasteiger partial charge in [-0.15, -0.1) is 0 Å². The summed E-state index contributed by atoms with van der Waals surface area (Å²) in [4.78, 5) is 39.4. The van der Waals surface area contributed by atoms with Gasteiger partial charge in [0.2, 0.25) is 11.9 Å². The van der Waals surface area contributed by atoms with E-state index in [1.165, 1.54) is 0 Å². The van der Waals surface area contributed by atoms with Gasteiger partial charge < -0.3 is 15.2 Å². The predicted octanol–water partition coefficient (Wildman–Crippen LogP) is 3.63. The number of guanidine groups is 1. The highest BCUT2D eigenvalue weighted by molar-refractivity contribution is 6.01. The summed E-state index contributed by atoms with van der Waals surface area (Å²) in [6.07, 6.45) is 1.97. The molecule has 0 aliphatic heterocycles. The third kappa shape index (κ3) is 11.9. The molecule has 9 nitrogen and oxygen atoms in total. The van der Waals surface area contributed by atoms with Gasteiger partial charge in [0.05, 0.1) is 0 Å². The smallest absolute Gasteiger partial charge is 0.414 e. The monoisotopic (exact) mass is 454 g/mol. The minimum Gasteiger partial charge on any atom is -0.444 e. The lowest BCUT2D eigenvalue weighted by Crippen LogP contribution is -2.44. The fraction of sp³-hybridized carbons (Fsp3) is 0.333. The van der Waals surface area contributed by atoms with E-state index in [1.807, 2.05) is 60.7 Å². The Balaban J connectivity index is 1.83. The zero-order valence-electron chi connectivity index (χ0n) is 18.5. The van der Waals surface area contributed by atoms with Crippen LogP contribution >= 0.6 is 0 Å². The molecule has 0 fully saturated rings. The molecular weight excluding hydrogens is 424 g/mol. The van der Waals surface area contributed by atoms with Crippen molar-refractivity contribution < 1.29 is 23.9 Å². The van der Waals surface area contributed by atoms with Crippen molar-refractivity contribution in [1.29, 1.82) is 0 Å². The second-order valence-corrected chi connectivity index (χ2v) is 7.23. The number of amides is 3. The molecule has 9 heteroatoms. The molecular formula is C24H30N4O5. The second kappa shape index (κ2) is 15.0. The lowest BCUT2D eigenvalue weighted by molar-refractivity contribution is -0.118. The maximum absolute atomic E-state index is 12.2. The van der Waals surface area contributed by atoms with E-state index in [9.17, 15) is 14.4 Å². The first-order valence-electron chi connectivity index (χ1n) is 10.8. The molecule has 0 radical (unpaired) electrons. The van der Waals surface area contributed by atoms with Gasteiger partial charge in [-0.3, -0.25) is 20.4 Å². The van der Waals surface area contributed by atoms with Crippen LogP contribution in [0.5, 0.6) is 0 Å². The Morgan fingerprint density at radius 3 is 1.70 bits per heavy atom. The van der Waals surface area contributed by atoms with Gasteiger partial charge in [0.25, 0.3) is 0 Å². The van der Waals surface area contributed by atoms with E-state index in [4.69, 9.17) is 15.2 Å². The van der Waals surface area contributed by atoms with Crippen LogP contribution in [0.25, 0.3) is 0 Å². The lowest BCUT2D eigenvalue weighted by Gasteiger charge is -2.12. The predicted molar refractivity (Wildman–Crippen MR) is 124 cm³/mol. The van der Waals surface area contributed by atoms with Crippen molar-refractivity contribution in [3.05, 3.63) is 71.8 Å². The van der Waals surface area contributed by atoms with Crippen LogP contribution in [0, 0.1) is 0 Å². The normalized spacial score (nSPS) is 10.1. The van der Waals surface area contributed by atoms with E-state index in [1.54, 1.807) is 0 Å². The molecule has 3 amide bonds. The summed E-state index contributed by atoms with van der Waals surface area (Å²) >= 11 is 0. The van der Waals surface area contributed by atoms with Gasteiger partial charge in [-0.2, -0.15) is 0 Å². The standard InChI is InChI=1S/C24H30N4O5/c25-21(29)15-9-1-2-10-16-26-22(27-23(30)32-17-19-11-5-3-6-12-19)28-24(31)33-18-20-13-7-4-8-14-20/h3-8,11-14H,1-2,9-10,15-18H2,(H2,25,29)(H2,26,27,28,30,31). The van der Waals surface area contributed by atoms with Crippen LogP contribution in [-0.4, -0.2) is 30.6 Å². The van der Waals surface area contributed by atoms with Crippen molar-refractivity contribution in [3.8, 4) is 0 Å². The molecule has 176 valence electrons. The number of aliphatic imine (C=N–C) groups is 1. The number of hydrogen-bond acceptors (Lipinski definition) is 6. The van der Waals surface area contributed by atoms with Crippen molar-refractivity contribution in [2.75, 3.05) is 6.54 Å². The van der Waals surface area contributed by atoms with Crippen molar-refractivity contribution in [2.24, 2.45) is 10.7 Å². The number of rotatable bonds is 11. The third-order valence-electron chi connectivity index (χ3n) is 4.47. The molecule has 0 bridgehead atoms. The first kappa shape index (κ1) is 25.4. The number of unbranched alkanes of at least 4 members (excludes halogenated alkanes) is 3. The molecule has 0 aromatic heterocycles. The SMILES string of the molecule is NC(=O)CCCCCCN=C(NC(=O)OCc1ccccc1)NC(=O)OCc1ccccc1. The van der Waals surface area contributed by atoms with Crippen LogP contribution in [0.15, 0.2) is 65.7 Å². The summed E-state index contributed by atoms with van der Waals surface area (Å²) < 4.78 is 10.4.